The lowest BCUT2D eigenvalue weighted by Gasteiger charge is -2.34. The Balaban J connectivity index is 2.17. The predicted molar refractivity (Wildman–Crippen MR) is 50.1 cm³/mol. The molecule has 1 nitrogen and oxygen atoms in total. The zero-order chi connectivity index (χ0) is 8.72. The lowest BCUT2D eigenvalue weighted by Crippen LogP contribution is -2.36. The molecule has 0 radical (unpaired) electrons. The van der Waals surface area contributed by atoms with E-state index >= 15 is 0 Å². The van der Waals surface area contributed by atoms with Gasteiger partial charge >= 0.3 is 0 Å². The van der Waals surface area contributed by atoms with Crippen LogP contribution < -0.4 is 0 Å². The number of hydrogen-bond donors (Lipinski definition) is 0. The number of halogens is 1. The third-order valence-corrected chi connectivity index (χ3v) is 6.10. The van der Waals surface area contributed by atoms with Crippen LogP contribution in [0, 0.1) is 28.6 Å². The van der Waals surface area contributed by atoms with Gasteiger partial charge in [0.25, 0.3) is 0 Å². The maximum Gasteiger partial charge on any atom is 0.143 e. The Kier molecular flexibility index (Phi) is 1.06. The van der Waals surface area contributed by atoms with Crippen LogP contribution in [0.1, 0.15) is 20.3 Å². The third kappa shape index (κ3) is 0.456. The Hall–Kier alpha value is 0.150. The van der Waals surface area contributed by atoms with E-state index in [0.717, 1.165) is 17.2 Å². The molecule has 12 heavy (non-hydrogen) atoms. The van der Waals surface area contributed by atoms with Crippen molar-refractivity contribution < 1.29 is 4.79 Å². The quantitative estimate of drug-likeness (QED) is 0.630. The van der Waals surface area contributed by atoms with Crippen LogP contribution in [0.3, 0.4) is 0 Å². The highest BCUT2D eigenvalue weighted by molar-refractivity contribution is 9.09. The molecular weight excluding hydrogens is 216 g/mol. The first-order valence-corrected chi connectivity index (χ1v) is 5.79. The van der Waals surface area contributed by atoms with Crippen LogP contribution in [0.5, 0.6) is 0 Å². The second-order valence-corrected chi connectivity index (χ2v) is 5.73. The number of carbonyl (C=O) groups excluding carboxylic acids is 1. The van der Waals surface area contributed by atoms with Gasteiger partial charge in [0.1, 0.15) is 5.78 Å². The van der Waals surface area contributed by atoms with Crippen LogP contribution in [-0.4, -0.2) is 11.1 Å². The van der Waals surface area contributed by atoms with E-state index in [0.29, 0.717) is 11.7 Å². The van der Waals surface area contributed by atoms with Gasteiger partial charge in [-0.05, 0) is 23.7 Å². The minimum absolute atomic E-state index is 0.0243. The Morgan fingerprint density at radius 2 is 2.25 bits per heavy atom. The van der Waals surface area contributed by atoms with E-state index in [1.54, 1.807) is 0 Å². The molecule has 0 N–H and O–H groups in total. The van der Waals surface area contributed by atoms with E-state index < -0.39 is 0 Å². The number of ketones is 1. The molecule has 4 aliphatic rings. The normalized spacial score (nSPS) is 65.9. The number of Topliss-reactive ketones (excluding diaryl/α,β-unsaturated/α-hetero) is 1. The summed E-state index contributed by atoms with van der Waals surface area (Å²) in [4.78, 5) is 11.9. The summed E-state index contributed by atoms with van der Waals surface area (Å²) < 4.78 is 0. The first-order valence-electron chi connectivity index (χ1n) is 4.66. The summed E-state index contributed by atoms with van der Waals surface area (Å²) in [7, 11) is 0. The van der Waals surface area contributed by atoms with E-state index in [1.807, 2.05) is 0 Å². The first kappa shape index (κ1) is 7.54. The minimum atomic E-state index is 0.0243. The molecule has 4 saturated carbocycles. The summed E-state index contributed by atoms with van der Waals surface area (Å²) in [6, 6.07) is 0. The Morgan fingerprint density at radius 3 is 2.42 bits per heavy atom. The number of carbonyl (C=O) groups is 1. The molecule has 66 valence electrons. The molecule has 2 heteroatoms. The SMILES string of the molecule is C[C@@]12CC3C(C1=O)[C@H]3[C@@]2(C)CBr. The summed E-state index contributed by atoms with van der Waals surface area (Å²) >= 11 is 3.58. The second-order valence-electron chi connectivity index (χ2n) is 5.17. The van der Waals surface area contributed by atoms with Crippen molar-refractivity contribution in [1.82, 2.24) is 0 Å². The van der Waals surface area contributed by atoms with Crippen molar-refractivity contribution in [2.75, 3.05) is 5.33 Å². The third-order valence-electron chi connectivity index (χ3n) is 4.93. The molecule has 0 aliphatic heterocycles. The van der Waals surface area contributed by atoms with Crippen molar-refractivity contribution in [3.63, 3.8) is 0 Å². The summed E-state index contributed by atoms with van der Waals surface area (Å²) in [5, 5.41) is 1.000. The van der Waals surface area contributed by atoms with Gasteiger partial charge in [-0.25, -0.2) is 0 Å². The van der Waals surface area contributed by atoms with Crippen molar-refractivity contribution in [3.8, 4) is 0 Å². The van der Waals surface area contributed by atoms with Crippen molar-refractivity contribution in [1.29, 1.82) is 0 Å². The molecule has 5 atom stereocenters. The molecule has 0 amide bonds. The highest BCUT2D eigenvalue weighted by Crippen LogP contribution is 2.81. The lowest BCUT2D eigenvalue weighted by atomic mass is 9.70. The summed E-state index contributed by atoms with van der Waals surface area (Å²) in [6.45, 7) is 4.47. The van der Waals surface area contributed by atoms with Crippen LogP contribution in [-0.2, 0) is 4.79 Å². The van der Waals surface area contributed by atoms with Crippen LogP contribution in [0.2, 0.25) is 0 Å². The zero-order valence-electron chi connectivity index (χ0n) is 7.43. The smallest absolute Gasteiger partial charge is 0.143 e. The average molecular weight is 229 g/mol. The topological polar surface area (TPSA) is 17.1 Å². The van der Waals surface area contributed by atoms with Crippen molar-refractivity contribution in [2.24, 2.45) is 28.6 Å². The zero-order valence-corrected chi connectivity index (χ0v) is 9.02. The van der Waals surface area contributed by atoms with E-state index in [2.05, 4.69) is 29.8 Å². The molecule has 0 aromatic heterocycles. The molecule has 4 fully saturated rings. The van der Waals surface area contributed by atoms with Gasteiger partial charge in [0.2, 0.25) is 0 Å². The van der Waals surface area contributed by atoms with Crippen LogP contribution in [0.25, 0.3) is 0 Å². The fraction of sp³-hybridized carbons (Fsp3) is 0.900. The summed E-state index contributed by atoms with van der Waals surface area (Å²) in [6.07, 6.45) is 1.17. The van der Waals surface area contributed by atoms with Crippen molar-refractivity contribution in [2.45, 2.75) is 20.3 Å². The molecule has 0 aromatic rings. The second kappa shape index (κ2) is 1.68. The van der Waals surface area contributed by atoms with Gasteiger partial charge in [0.05, 0.1) is 0 Å². The Labute approximate surface area is 81.0 Å². The highest BCUT2D eigenvalue weighted by Gasteiger charge is 2.83. The molecule has 0 aromatic carbocycles. The van der Waals surface area contributed by atoms with Crippen LogP contribution in [0.4, 0.5) is 0 Å². The first-order chi connectivity index (χ1) is 5.56. The molecule has 0 spiro atoms. The van der Waals surface area contributed by atoms with Crippen LogP contribution >= 0.6 is 15.9 Å². The maximum absolute atomic E-state index is 11.9. The fourth-order valence-electron chi connectivity index (χ4n) is 3.91. The predicted octanol–water partition coefficient (Wildman–Crippen LogP) is 2.24. The molecule has 0 saturated heterocycles. The molecular formula is C10H13BrO. The summed E-state index contributed by atoms with van der Waals surface area (Å²) in [5.41, 5.74) is 0.302. The average Bonchev–Trinajstić information content (AvgIpc) is 2.56. The van der Waals surface area contributed by atoms with Gasteiger partial charge in [0.15, 0.2) is 0 Å². The largest absolute Gasteiger partial charge is 0.299 e. The van der Waals surface area contributed by atoms with Gasteiger partial charge in [-0.1, -0.05) is 29.8 Å². The summed E-state index contributed by atoms with van der Waals surface area (Å²) in [5.74, 6) is 2.54. The molecule has 0 heterocycles. The van der Waals surface area contributed by atoms with Crippen molar-refractivity contribution in [3.05, 3.63) is 0 Å². The van der Waals surface area contributed by atoms with Gasteiger partial charge in [0, 0.05) is 16.7 Å². The molecule has 4 aliphatic carbocycles. The molecule has 4 bridgehead atoms. The lowest BCUT2D eigenvalue weighted by molar-refractivity contribution is -0.127. The molecule has 4 rings (SSSR count). The monoisotopic (exact) mass is 228 g/mol. The van der Waals surface area contributed by atoms with Gasteiger partial charge < -0.3 is 0 Å². The van der Waals surface area contributed by atoms with Crippen molar-refractivity contribution >= 4 is 21.7 Å². The van der Waals surface area contributed by atoms with E-state index in [-0.39, 0.29) is 10.8 Å². The van der Waals surface area contributed by atoms with Crippen LogP contribution in [0.15, 0.2) is 0 Å². The Bertz CT molecular complexity index is 288. The Morgan fingerprint density at radius 1 is 1.58 bits per heavy atom. The van der Waals surface area contributed by atoms with Gasteiger partial charge in [-0.3, -0.25) is 4.79 Å². The fourth-order valence-corrected chi connectivity index (χ4v) is 4.91. The molecule has 2 unspecified atom stereocenters. The van der Waals surface area contributed by atoms with E-state index in [4.69, 9.17) is 0 Å². The number of rotatable bonds is 1. The minimum Gasteiger partial charge on any atom is -0.299 e. The van der Waals surface area contributed by atoms with E-state index in [9.17, 15) is 4.79 Å². The maximum atomic E-state index is 11.9. The van der Waals surface area contributed by atoms with Gasteiger partial charge in [-0.15, -0.1) is 0 Å². The van der Waals surface area contributed by atoms with Gasteiger partial charge in [-0.2, -0.15) is 0 Å². The van der Waals surface area contributed by atoms with E-state index in [1.165, 1.54) is 6.42 Å². The number of alkyl halides is 1. The standard InChI is InChI=1S/C10H13BrO/c1-9-3-5-6(8(9)12)7(5)10(9,2)4-11/h5-7H,3-4H2,1-2H3/t5?,6?,7-,9+,10+/m0/s1. The highest BCUT2D eigenvalue weighted by atomic mass is 79.9. The number of hydrogen-bond acceptors (Lipinski definition) is 1.